The maximum atomic E-state index is 12.5. The first kappa shape index (κ1) is 14.5. The van der Waals surface area contributed by atoms with Gasteiger partial charge in [0, 0.05) is 28.1 Å². The van der Waals surface area contributed by atoms with Gasteiger partial charge in [0.15, 0.2) is 0 Å². The van der Waals surface area contributed by atoms with Gasteiger partial charge in [0.25, 0.3) is 0 Å². The van der Waals surface area contributed by atoms with Gasteiger partial charge in [0.1, 0.15) is 0 Å². The zero-order valence-electron chi connectivity index (χ0n) is 9.64. The molecule has 0 saturated carbocycles. The Bertz CT molecular complexity index is 548. The molecule has 0 amide bonds. The number of hydrogen-bond acceptors (Lipinski definition) is 3. The number of nitrogens with two attached hydrogens (primary N) is 1. The van der Waals surface area contributed by atoms with E-state index in [2.05, 4.69) is 31.9 Å². The van der Waals surface area contributed by atoms with E-state index in [1.807, 2.05) is 0 Å². The van der Waals surface area contributed by atoms with Crippen LogP contribution in [-0.2, 0) is 10.0 Å². The van der Waals surface area contributed by atoms with Gasteiger partial charge in [0.2, 0.25) is 10.0 Å². The average Bonchev–Trinajstić information content (AvgIpc) is 2.32. The Kier molecular flexibility index (Phi) is 4.48. The summed E-state index contributed by atoms with van der Waals surface area (Å²) >= 11 is 6.59. The van der Waals surface area contributed by atoms with Gasteiger partial charge in [-0.25, -0.2) is 8.42 Å². The van der Waals surface area contributed by atoms with Gasteiger partial charge in [0.05, 0.1) is 4.90 Å². The third-order valence-electron chi connectivity index (χ3n) is 2.93. The molecule has 1 aromatic carbocycles. The van der Waals surface area contributed by atoms with Gasteiger partial charge in [-0.05, 0) is 47.0 Å². The highest BCUT2D eigenvalue weighted by atomic mass is 79.9. The normalized spacial score (nSPS) is 22.1. The second-order valence-electron chi connectivity index (χ2n) is 4.34. The van der Waals surface area contributed by atoms with E-state index >= 15 is 0 Å². The Morgan fingerprint density at radius 2 is 2.06 bits per heavy atom. The summed E-state index contributed by atoms with van der Waals surface area (Å²) in [5.41, 5.74) is 5.84. The molecule has 1 aliphatic rings. The summed E-state index contributed by atoms with van der Waals surface area (Å²) in [4.78, 5) is 0.283. The molecule has 0 aromatic heterocycles. The quantitative estimate of drug-likeness (QED) is 0.832. The highest BCUT2D eigenvalue weighted by molar-refractivity contribution is 9.11. The van der Waals surface area contributed by atoms with Crippen molar-refractivity contribution in [3.8, 4) is 0 Å². The van der Waals surface area contributed by atoms with E-state index in [0.717, 1.165) is 17.3 Å². The lowest BCUT2D eigenvalue weighted by Crippen LogP contribution is -2.45. The molecule has 1 fully saturated rings. The number of nitrogens with zero attached hydrogens (tertiary/aromatic N) is 1. The van der Waals surface area contributed by atoms with Crippen LogP contribution in [0.2, 0.25) is 0 Å². The lowest BCUT2D eigenvalue weighted by molar-refractivity contribution is 0.316. The Morgan fingerprint density at radius 1 is 1.33 bits per heavy atom. The molecule has 7 heteroatoms. The van der Waals surface area contributed by atoms with Gasteiger partial charge in [-0.1, -0.05) is 15.9 Å². The lowest BCUT2D eigenvalue weighted by Gasteiger charge is -2.30. The van der Waals surface area contributed by atoms with Crippen LogP contribution in [0.25, 0.3) is 0 Å². The number of hydrogen-bond donors (Lipinski definition) is 1. The van der Waals surface area contributed by atoms with Crippen LogP contribution in [0.5, 0.6) is 0 Å². The van der Waals surface area contributed by atoms with Gasteiger partial charge >= 0.3 is 0 Å². The molecule has 1 aliphatic heterocycles. The Balaban J connectivity index is 2.38. The van der Waals surface area contributed by atoms with E-state index in [4.69, 9.17) is 5.73 Å². The van der Waals surface area contributed by atoms with Crippen molar-refractivity contribution >= 4 is 41.9 Å². The first-order chi connectivity index (χ1) is 8.41. The zero-order chi connectivity index (χ0) is 13.3. The highest BCUT2D eigenvalue weighted by Crippen LogP contribution is 2.29. The Hall–Kier alpha value is 0.0500. The Morgan fingerprint density at radius 3 is 2.72 bits per heavy atom. The molecule has 100 valence electrons. The van der Waals surface area contributed by atoms with E-state index in [-0.39, 0.29) is 10.9 Å². The van der Waals surface area contributed by atoms with E-state index in [1.54, 1.807) is 18.2 Å². The summed E-state index contributed by atoms with van der Waals surface area (Å²) in [7, 11) is -3.47. The van der Waals surface area contributed by atoms with Crippen molar-refractivity contribution in [2.24, 2.45) is 5.73 Å². The molecule has 0 aliphatic carbocycles. The van der Waals surface area contributed by atoms with Crippen molar-refractivity contribution in [2.75, 3.05) is 13.1 Å². The first-order valence-electron chi connectivity index (χ1n) is 5.62. The van der Waals surface area contributed by atoms with Crippen LogP contribution in [0.3, 0.4) is 0 Å². The van der Waals surface area contributed by atoms with Gasteiger partial charge in [-0.2, -0.15) is 4.31 Å². The van der Waals surface area contributed by atoms with Crippen molar-refractivity contribution in [3.63, 3.8) is 0 Å². The lowest BCUT2D eigenvalue weighted by atomic mass is 10.1. The minimum Gasteiger partial charge on any atom is -0.327 e. The van der Waals surface area contributed by atoms with Gasteiger partial charge in [-0.15, -0.1) is 0 Å². The smallest absolute Gasteiger partial charge is 0.244 e. The number of rotatable bonds is 2. The minimum absolute atomic E-state index is 0.0700. The predicted molar refractivity (Wildman–Crippen MR) is 77.8 cm³/mol. The fraction of sp³-hybridized carbons (Fsp3) is 0.455. The fourth-order valence-corrected chi connectivity index (χ4v) is 5.00. The zero-order valence-corrected chi connectivity index (χ0v) is 13.6. The first-order valence-corrected chi connectivity index (χ1v) is 8.64. The number of halogens is 2. The monoisotopic (exact) mass is 396 g/mol. The molecule has 2 rings (SSSR count). The molecular formula is C11H14Br2N2O2S. The third kappa shape index (κ3) is 2.96. The highest BCUT2D eigenvalue weighted by Gasteiger charge is 2.30. The van der Waals surface area contributed by atoms with Crippen molar-refractivity contribution in [1.82, 2.24) is 4.31 Å². The van der Waals surface area contributed by atoms with Crippen LogP contribution >= 0.6 is 31.9 Å². The van der Waals surface area contributed by atoms with Crippen LogP contribution in [0.15, 0.2) is 32.0 Å². The summed E-state index contributed by atoms with van der Waals surface area (Å²) in [6, 6.07) is 5.06. The number of sulfonamides is 1. The molecular weight excluding hydrogens is 384 g/mol. The second kappa shape index (κ2) is 5.58. The summed E-state index contributed by atoms with van der Waals surface area (Å²) in [5.74, 6) is 0. The minimum atomic E-state index is -3.47. The second-order valence-corrected chi connectivity index (χ2v) is 8.02. The average molecular weight is 398 g/mol. The summed E-state index contributed by atoms with van der Waals surface area (Å²) in [6.07, 6.45) is 1.69. The largest absolute Gasteiger partial charge is 0.327 e. The van der Waals surface area contributed by atoms with Crippen LogP contribution in [0.1, 0.15) is 12.8 Å². The number of benzene rings is 1. The maximum Gasteiger partial charge on any atom is 0.244 e. The molecule has 4 nitrogen and oxygen atoms in total. The van der Waals surface area contributed by atoms with Crippen LogP contribution < -0.4 is 5.73 Å². The number of piperidine rings is 1. The molecule has 2 N–H and O–H groups in total. The molecule has 18 heavy (non-hydrogen) atoms. The van der Waals surface area contributed by atoms with Crippen molar-refractivity contribution < 1.29 is 8.42 Å². The molecule has 1 heterocycles. The molecule has 0 unspecified atom stereocenters. The van der Waals surface area contributed by atoms with Crippen LogP contribution in [-0.4, -0.2) is 31.9 Å². The van der Waals surface area contributed by atoms with E-state index in [9.17, 15) is 8.42 Å². The van der Waals surface area contributed by atoms with E-state index in [1.165, 1.54) is 4.31 Å². The van der Waals surface area contributed by atoms with Crippen molar-refractivity contribution in [1.29, 1.82) is 0 Å². The molecule has 1 saturated heterocycles. The van der Waals surface area contributed by atoms with Crippen LogP contribution in [0, 0.1) is 0 Å². The summed E-state index contributed by atoms with van der Waals surface area (Å²) < 4.78 is 27.8. The molecule has 1 atom stereocenters. The molecule has 1 aromatic rings. The van der Waals surface area contributed by atoms with Gasteiger partial charge < -0.3 is 5.73 Å². The van der Waals surface area contributed by atoms with Crippen molar-refractivity contribution in [3.05, 3.63) is 27.1 Å². The molecule has 0 spiro atoms. The fourth-order valence-electron chi connectivity index (χ4n) is 2.01. The topological polar surface area (TPSA) is 63.4 Å². The SMILES string of the molecule is N[C@@H]1CCCN(S(=O)(=O)c2cc(Br)ccc2Br)C1. The molecule has 0 radical (unpaired) electrons. The Labute approximate surface area is 124 Å². The van der Waals surface area contributed by atoms with Crippen molar-refractivity contribution in [2.45, 2.75) is 23.8 Å². The van der Waals surface area contributed by atoms with Gasteiger partial charge in [-0.3, -0.25) is 0 Å². The molecule has 0 bridgehead atoms. The predicted octanol–water partition coefficient (Wildman–Crippen LogP) is 2.32. The summed E-state index contributed by atoms with van der Waals surface area (Å²) in [5, 5.41) is 0. The van der Waals surface area contributed by atoms with E-state index < -0.39 is 10.0 Å². The third-order valence-corrected chi connectivity index (χ3v) is 6.28. The maximum absolute atomic E-state index is 12.5. The summed E-state index contributed by atoms with van der Waals surface area (Å²) in [6.45, 7) is 0.927. The van der Waals surface area contributed by atoms with E-state index in [0.29, 0.717) is 17.6 Å². The standard InChI is InChI=1S/C11H14Br2N2O2S/c12-8-3-4-10(13)11(6-8)18(16,17)15-5-1-2-9(14)7-15/h3-4,6,9H,1-2,5,7,14H2/t9-/m1/s1. The van der Waals surface area contributed by atoms with Crippen LogP contribution in [0.4, 0.5) is 0 Å².